The summed E-state index contributed by atoms with van der Waals surface area (Å²) in [6.07, 6.45) is -3.65. The van der Waals surface area contributed by atoms with E-state index in [0.29, 0.717) is 6.54 Å². The fourth-order valence-electron chi connectivity index (χ4n) is 1.31. The number of aliphatic imine (C=N–C) groups is 1. The van der Waals surface area contributed by atoms with Crippen molar-refractivity contribution in [2.24, 2.45) is 10.8 Å². The predicted molar refractivity (Wildman–Crippen MR) is 65.0 cm³/mol. The van der Waals surface area contributed by atoms with Gasteiger partial charge >= 0.3 is 6.18 Å². The lowest BCUT2D eigenvalue weighted by Gasteiger charge is -2.15. The van der Waals surface area contributed by atoms with Crippen LogP contribution in [-0.2, 0) is 6.18 Å². The van der Waals surface area contributed by atoms with Crippen molar-refractivity contribution in [1.82, 2.24) is 5.43 Å². The standard InChI is InChI=1S/C11H15F3N4/c1-2-7-16-10(18-15)17-9-6-4-3-5-8(9)11(12,13)14/h3-6H,2,7,15H2,1H3,(H2,16,17,18). The second kappa shape index (κ2) is 6.25. The van der Waals surface area contributed by atoms with E-state index >= 15 is 0 Å². The summed E-state index contributed by atoms with van der Waals surface area (Å²) in [6.45, 7) is 2.38. The molecule has 0 fully saturated rings. The van der Waals surface area contributed by atoms with Crippen LogP contribution in [0.15, 0.2) is 29.3 Å². The van der Waals surface area contributed by atoms with Gasteiger partial charge in [-0.05, 0) is 18.6 Å². The molecular formula is C11H15F3N4. The van der Waals surface area contributed by atoms with Crippen LogP contribution in [0, 0.1) is 0 Å². The third-order valence-corrected chi connectivity index (χ3v) is 2.12. The van der Waals surface area contributed by atoms with Gasteiger partial charge in [-0.25, -0.2) is 5.84 Å². The Morgan fingerprint density at radius 3 is 2.56 bits per heavy atom. The van der Waals surface area contributed by atoms with Gasteiger partial charge in [0.2, 0.25) is 5.96 Å². The Labute approximate surface area is 103 Å². The Bertz CT molecular complexity index is 415. The molecule has 0 spiro atoms. The van der Waals surface area contributed by atoms with Gasteiger partial charge in [-0.15, -0.1) is 0 Å². The van der Waals surface area contributed by atoms with E-state index in [2.05, 4.69) is 15.7 Å². The molecule has 1 aromatic rings. The third-order valence-electron chi connectivity index (χ3n) is 2.12. The van der Waals surface area contributed by atoms with Gasteiger partial charge in [-0.3, -0.25) is 10.4 Å². The Balaban J connectivity index is 2.96. The van der Waals surface area contributed by atoms with Crippen LogP contribution in [0.1, 0.15) is 18.9 Å². The summed E-state index contributed by atoms with van der Waals surface area (Å²) in [4.78, 5) is 3.98. The SMILES string of the molecule is CCCN=C(NN)Nc1ccccc1C(F)(F)F. The molecule has 1 rings (SSSR count). The maximum Gasteiger partial charge on any atom is 0.418 e. The van der Waals surface area contributed by atoms with Crippen molar-refractivity contribution in [2.45, 2.75) is 19.5 Å². The smallest absolute Gasteiger partial charge is 0.325 e. The number of rotatable bonds is 3. The molecule has 0 amide bonds. The van der Waals surface area contributed by atoms with Crippen LogP contribution in [0.3, 0.4) is 0 Å². The highest BCUT2D eigenvalue weighted by Crippen LogP contribution is 2.34. The number of para-hydroxylation sites is 1. The maximum atomic E-state index is 12.7. The lowest BCUT2D eigenvalue weighted by molar-refractivity contribution is -0.136. The molecule has 18 heavy (non-hydrogen) atoms. The fourth-order valence-corrected chi connectivity index (χ4v) is 1.31. The van der Waals surface area contributed by atoms with Gasteiger partial charge in [0.1, 0.15) is 0 Å². The van der Waals surface area contributed by atoms with Crippen molar-refractivity contribution in [3.05, 3.63) is 29.8 Å². The number of hydrogen-bond acceptors (Lipinski definition) is 2. The summed E-state index contributed by atoms with van der Waals surface area (Å²) in [5.41, 5.74) is 1.39. The fraction of sp³-hybridized carbons (Fsp3) is 0.364. The van der Waals surface area contributed by atoms with E-state index in [1.165, 1.54) is 18.2 Å². The van der Waals surface area contributed by atoms with E-state index in [-0.39, 0.29) is 11.6 Å². The highest BCUT2D eigenvalue weighted by atomic mass is 19.4. The van der Waals surface area contributed by atoms with E-state index in [9.17, 15) is 13.2 Å². The van der Waals surface area contributed by atoms with E-state index in [1.54, 1.807) is 0 Å². The first kappa shape index (κ1) is 14.3. The summed E-state index contributed by atoms with van der Waals surface area (Å²) in [5.74, 6) is 5.30. The predicted octanol–water partition coefficient (Wildman–Crippen LogP) is 2.35. The molecule has 4 nitrogen and oxygen atoms in total. The van der Waals surface area contributed by atoms with Crippen molar-refractivity contribution < 1.29 is 13.2 Å². The largest absolute Gasteiger partial charge is 0.418 e. The summed E-state index contributed by atoms with van der Waals surface area (Å²) in [6, 6.07) is 5.15. The first-order valence-electron chi connectivity index (χ1n) is 5.43. The molecule has 0 bridgehead atoms. The number of nitrogens with two attached hydrogens (primary N) is 1. The Hall–Kier alpha value is -1.76. The number of guanidine groups is 1. The minimum atomic E-state index is -4.42. The van der Waals surface area contributed by atoms with Crippen LogP contribution in [0.2, 0.25) is 0 Å². The molecule has 7 heteroatoms. The Morgan fingerprint density at radius 1 is 1.33 bits per heavy atom. The number of anilines is 1. The van der Waals surface area contributed by atoms with E-state index in [4.69, 9.17) is 5.84 Å². The molecule has 1 aromatic carbocycles. The van der Waals surface area contributed by atoms with Crippen LogP contribution < -0.4 is 16.6 Å². The molecule has 4 N–H and O–H groups in total. The van der Waals surface area contributed by atoms with Gasteiger partial charge in [0.15, 0.2) is 0 Å². The van der Waals surface area contributed by atoms with Gasteiger partial charge in [0, 0.05) is 6.54 Å². The molecule has 0 heterocycles. The number of nitrogens with zero attached hydrogens (tertiary/aromatic N) is 1. The molecule has 0 radical (unpaired) electrons. The number of hydrogen-bond donors (Lipinski definition) is 3. The third kappa shape index (κ3) is 3.92. The topological polar surface area (TPSA) is 62.4 Å². The molecule has 0 aliphatic heterocycles. The molecule has 0 atom stereocenters. The second-order valence-corrected chi connectivity index (χ2v) is 3.54. The van der Waals surface area contributed by atoms with Crippen LogP contribution >= 0.6 is 0 Å². The van der Waals surface area contributed by atoms with Gasteiger partial charge in [-0.1, -0.05) is 19.1 Å². The summed E-state index contributed by atoms with van der Waals surface area (Å²) in [7, 11) is 0. The summed E-state index contributed by atoms with van der Waals surface area (Å²) < 4.78 is 38.2. The van der Waals surface area contributed by atoms with Crippen LogP contribution in [0.4, 0.5) is 18.9 Å². The average Bonchev–Trinajstić information content (AvgIpc) is 2.33. The number of hydrazine groups is 1. The van der Waals surface area contributed by atoms with Crippen molar-refractivity contribution in [1.29, 1.82) is 0 Å². The molecular weight excluding hydrogens is 245 g/mol. The summed E-state index contributed by atoms with van der Waals surface area (Å²) in [5, 5.41) is 2.53. The van der Waals surface area contributed by atoms with Crippen LogP contribution in [-0.4, -0.2) is 12.5 Å². The van der Waals surface area contributed by atoms with Gasteiger partial charge in [-0.2, -0.15) is 13.2 Å². The quantitative estimate of drug-likeness (QED) is 0.338. The highest BCUT2D eigenvalue weighted by Gasteiger charge is 2.33. The molecule has 0 aliphatic rings. The number of alkyl halides is 3. The van der Waals surface area contributed by atoms with Crippen molar-refractivity contribution in [2.75, 3.05) is 11.9 Å². The monoisotopic (exact) mass is 260 g/mol. The van der Waals surface area contributed by atoms with Gasteiger partial charge in [0.05, 0.1) is 11.3 Å². The van der Waals surface area contributed by atoms with Crippen molar-refractivity contribution in [3.8, 4) is 0 Å². The zero-order chi connectivity index (χ0) is 13.6. The minimum Gasteiger partial charge on any atom is -0.325 e. The van der Waals surface area contributed by atoms with E-state index < -0.39 is 11.7 Å². The first-order chi connectivity index (χ1) is 8.49. The lowest BCUT2D eigenvalue weighted by Crippen LogP contribution is -2.37. The van der Waals surface area contributed by atoms with Crippen molar-refractivity contribution in [3.63, 3.8) is 0 Å². The molecule has 0 aromatic heterocycles. The van der Waals surface area contributed by atoms with E-state index in [0.717, 1.165) is 12.5 Å². The Morgan fingerprint density at radius 2 is 2.00 bits per heavy atom. The maximum absolute atomic E-state index is 12.7. The second-order valence-electron chi connectivity index (χ2n) is 3.54. The number of benzene rings is 1. The minimum absolute atomic E-state index is 0.0854. The van der Waals surface area contributed by atoms with Crippen molar-refractivity contribution >= 4 is 11.6 Å². The lowest BCUT2D eigenvalue weighted by atomic mass is 10.1. The zero-order valence-corrected chi connectivity index (χ0v) is 9.88. The van der Waals surface area contributed by atoms with E-state index in [1.807, 2.05) is 6.92 Å². The van der Waals surface area contributed by atoms with Gasteiger partial charge in [0.25, 0.3) is 0 Å². The normalized spacial score (nSPS) is 12.4. The molecule has 0 saturated carbocycles. The summed E-state index contributed by atoms with van der Waals surface area (Å²) >= 11 is 0. The highest BCUT2D eigenvalue weighted by molar-refractivity contribution is 5.94. The van der Waals surface area contributed by atoms with Crippen LogP contribution in [0.5, 0.6) is 0 Å². The van der Waals surface area contributed by atoms with Crippen LogP contribution in [0.25, 0.3) is 0 Å². The molecule has 0 aliphatic carbocycles. The van der Waals surface area contributed by atoms with Gasteiger partial charge < -0.3 is 5.32 Å². The average molecular weight is 260 g/mol. The zero-order valence-electron chi connectivity index (χ0n) is 9.88. The number of halogens is 3. The Kier molecular flexibility index (Phi) is 4.96. The molecule has 100 valence electrons. The molecule has 0 unspecified atom stereocenters. The number of nitrogens with one attached hydrogen (secondary N) is 2. The first-order valence-corrected chi connectivity index (χ1v) is 5.43. The molecule has 0 saturated heterocycles.